The maximum atomic E-state index is 12.9. The Balaban J connectivity index is 4.79. The van der Waals surface area contributed by atoms with Gasteiger partial charge in [0.2, 0.25) is 0 Å². The third-order valence-electron chi connectivity index (χ3n) is 12.5. The summed E-state index contributed by atoms with van der Waals surface area (Å²) in [6, 6.07) is 0. The lowest BCUT2D eigenvalue weighted by molar-refractivity contribution is -0.161. The number of carbonyl (C=O) groups excluding carboxylic acids is 3. The highest BCUT2D eigenvalue weighted by atomic mass is 31.2. The zero-order valence-electron chi connectivity index (χ0n) is 48.2. The minimum absolute atomic E-state index is 0.137. The summed E-state index contributed by atoms with van der Waals surface area (Å²) in [5.41, 5.74) is 0. The number of ether oxygens (including phenoxy) is 3. The molecular weight excluding hydrogens is 976 g/mol. The standard InChI is InChI=1S/C64H109O11P/c1-4-7-10-13-16-19-22-25-27-29-30-32-33-36-38-41-44-47-50-53-62(66)71-57-61(75-64(68)55-52-49-46-43-40-37-34-31-28-26-23-20-17-14-11-8-5-2)59-73-76(69,70)72-58-60(56-65)74-63(67)54-51-48-45-42-39-35-24-21-18-15-12-9-6-3/h7,9-10,12,16,18-19,21,25,27,30,32,35-36,38-39,60-61,65H,4-6,8,11,13-15,17,20,22-24,26,28-29,31,33-34,37,40-59H2,1-3H3,(H,69,70)/b10-7-,12-9-,19-16-,21-18-,27-25-,32-30-,38-36-,39-35-. The summed E-state index contributed by atoms with van der Waals surface area (Å²) in [4.78, 5) is 48.6. The summed E-state index contributed by atoms with van der Waals surface area (Å²) in [5.74, 6) is -1.53. The van der Waals surface area contributed by atoms with Gasteiger partial charge in [0.05, 0.1) is 19.8 Å². The van der Waals surface area contributed by atoms with E-state index in [-0.39, 0.29) is 25.9 Å². The van der Waals surface area contributed by atoms with Crippen molar-refractivity contribution < 1.29 is 52.2 Å². The zero-order chi connectivity index (χ0) is 55.5. The van der Waals surface area contributed by atoms with Crippen molar-refractivity contribution in [2.75, 3.05) is 26.4 Å². The molecule has 0 saturated carbocycles. The van der Waals surface area contributed by atoms with Crippen LogP contribution < -0.4 is 0 Å². The van der Waals surface area contributed by atoms with Crippen LogP contribution in [-0.2, 0) is 42.2 Å². The zero-order valence-corrected chi connectivity index (χ0v) is 49.1. The number of allylic oxidation sites excluding steroid dienone is 16. The van der Waals surface area contributed by atoms with Gasteiger partial charge in [-0.3, -0.25) is 23.4 Å². The summed E-state index contributed by atoms with van der Waals surface area (Å²) in [6.45, 7) is 4.36. The molecule has 0 bridgehead atoms. The van der Waals surface area contributed by atoms with Gasteiger partial charge in [-0.05, 0) is 96.3 Å². The van der Waals surface area contributed by atoms with Gasteiger partial charge in [-0.2, -0.15) is 0 Å². The number of phosphoric ester groups is 1. The molecule has 3 unspecified atom stereocenters. The molecule has 0 heterocycles. The molecule has 0 fully saturated rings. The highest BCUT2D eigenvalue weighted by molar-refractivity contribution is 7.47. The lowest BCUT2D eigenvalue weighted by Gasteiger charge is -2.21. The van der Waals surface area contributed by atoms with E-state index in [9.17, 15) is 28.9 Å². The topological polar surface area (TPSA) is 155 Å². The van der Waals surface area contributed by atoms with E-state index in [2.05, 4.69) is 118 Å². The Morgan fingerprint density at radius 2 is 0.684 bits per heavy atom. The second-order valence-electron chi connectivity index (χ2n) is 19.8. The first-order chi connectivity index (χ1) is 37.2. The van der Waals surface area contributed by atoms with Crippen LogP contribution in [0.5, 0.6) is 0 Å². The second kappa shape index (κ2) is 57.6. The summed E-state index contributed by atoms with van der Waals surface area (Å²) < 4.78 is 39.5. The first-order valence-corrected chi connectivity index (χ1v) is 31.6. The fourth-order valence-corrected chi connectivity index (χ4v) is 8.77. The smallest absolute Gasteiger partial charge is 0.462 e. The van der Waals surface area contributed by atoms with Crippen LogP contribution in [0.2, 0.25) is 0 Å². The van der Waals surface area contributed by atoms with Crippen molar-refractivity contribution in [3.05, 3.63) is 97.2 Å². The van der Waals surface area contributed by atoms with Gasteiger partial charge < -0.3 is 24.2 Å². The molecule has 2 N–H and O–H groups in total. The molecule has 11 nitrogen and oxygen atoms in total. The molecule has 0 rings (SSSR count). The minimum Gasteiger partial charge on any atom is -0.462 e. The average molecular weight is 1090 g/mol. The van der Waals surface area contributed by atoms with E-state index in [1.807, 2.05) is 0 Å². The normalized spacial score (nSPS) is 14.0. The Hall–Kier alpha value is -3.60. The number of aliphatic hydroxyl groups excluding tert-OH is 1. The Labute approximate surface area is 463 Å². The molecule has 0 aromatic heterocycles. The Morgan fingerprint density at radius 3 is 1.05 bits per heavy atom. The van der Waals surface area contributed by atoms with Gasteiger partial charge in [0.15, 0.2) is 6.10 Å². The first kappa shape index (κ1) is 72.4. The van der Waals surface area contributed by atoms with E-state index < -0.39 is 57.8 Å². The van der Waals surface area contributed by atoms with Crippen LogP contribution in [0.15, 0.2) is 97.2 Å². The highest BCUT2D eigenvalue weighted by Gasteiger charge is 2.28. The number of phosphoric acid groups is 1. The molecule has 3 atom stereocenters. The summed E-state index contributed by atoms with van der Waals surface area (Å²) >= 11 is 0. The SMILES string of the molecule is CC/C=C\C/C=C\C/C=C\C/C=C\C/C=C\CCCCCC(=O)OCC(COP(=O)(O)OCC(CO)OC(=O)CCCCC/C=C\C/C=C\C/C=C\CC)OC(=O)CCCCCCCCCCCCCCCCCCC. The van der Waals surface area contributed by atoms with E-state index in [0.29, 0.717) is 19.3 Å². The molecule has 0 radical (unpaired) electrons. The largest absolute Gasteiger partial charge is 0.472 e. The van der Waals surface area contributed by atoms with E-state index in [4.69, 9.17) is 23.3 Å². The van der Waals surface area contributed by atoms with Crippen molar-refractivity contribution in [1.29, 1.82) is 0 Å². The maximum Gasteiger partial charge on any atom is 0.472 e. The van der Waals surface area contributed by atoms with Crippen molar-refractivity contribution in [3.63, 3.8) is 0 Å². The van der Waals surface area contributed by atoms with Crippen LogP contribution in [-0.4, -0.2) is 66.5 Å². The summed E-state index contributed by atoms with van der Waals surface area (Å²) in [5, 5.41) is 9.81. The molecule has 0 spiro atoms. The van der Waals surface area contributed by atoms with Gasteiger partial charge in [0.1, 0.15) is 12.7 Å². The van der Waals surface area contributed by atoms with Crippen LogP contribution in [0.25, 0.3) is 0 Å². The number of aliphatic hydroxyl groups is 1. The Kier molecular flexibility index (Phi) is 54.8. The molecule has 12 heteroatoms. The van der Waals surface area contributed by atoms with E-state index in [0.717, 1.165) is 109 Å². The number of esters is 3. The van der Waals surface area contributed by atoms with Gasteiger partial charge in [-0.15, -0.1) is 0 Å². The number of hydrogen-bond donors (Lipinski definition) is 2. The molecule has 436 valence electrons. The van der Waals surface area contributed by atoms with Crippen molar-refractivity contribution in [2.45, 2.75) is 264 Å². The van der Waals surface area contributed by atoms with Gasteiger partial charge in [0.25, 0.3) is 0 Å². The molecular formula is C64H109O11P. The lowest BCUT2D eigenvalue weighted by Crippen LogP contribution is -2.30. The molecule has 0 amide bonds. The summed E-state index contributed by atoms with van der Waals surface area (Å²) in [7, 11) is -4.77. The Bertz CT molecular complexity index is 1640. The quantitative estimate of drug-likeness (QED) is 0.0197. The van der Waals surface area contributed by atoms with Crippen LogP contribution in [0.3, 0.4) is 0 Å². The molecule has 0 saturated heterocycles. The fraction of sp³-hybridized carbons (Fsp3) is 0.703. The van der Waals surface area contributed by atoms with Gasteiger partial charge in [-0.1, -0.05) is 234 Å². The van der Waals surface area contributed by atoms with Crippen LogP contribution in [0.1, 0.15) is 252 Å². The summed E-state index contributed by atoms with van der Waals surface area (Å²) in [6.07, 6.45) is 68.0. The van der Waals surface area contributed by atoms with Crippen LogP contribution in [0.4, 0.5) is 0 Å². The molecule has 0 aromatic rings. The van der Waals surface area contributed by atoms with E-state index in [1.165, 1.54) is 83.5 Å². The van der Waals surface area contributed by atoms with Gasteiger partial charge >= 0.3 is 25.7 Å². The number of unbranched alkanes of at least 4 members (excludes halogenated alkanes) is 22. The van der Waals surface area contributed by atoms with Crippen molar-refractivity contribution in [3.8, 4) is 0 Å². The molecule has 0 aliphatic rings. The Morgan fingerprint density at radius 1 is 0.382 bits per heavy atom. The fourth-order valence-electron chi connectivity index (χ4n) is 7.99. The van der Waals surface area contributed by atoms with Gasteiger partial charge in [0, 0.05) is 19.3 Å². The monoisotopic (exact) mass is 1080 g/mol. The van der Waals surface area contributed by atoms with Crippen LogP contribution in [0, 0.1) is 0 Å². The first-order valence-electron chi connectivity index (χ1n) is 30.1. The van der Waals surface area contributed by atoms with Crippen LogP contribution >= 0.6 is 7.82 Å². The third kappa shape index (κ3) is 55.2. The number of rotatable bonds is 55. The van der Waals surface area contributed by atoms with E-state index >= 15 is 0 Å². The average Bonchev–Trinajstić information content (AvgIpc) is 3.41. The predicted molar refractivity (Wildman–Crippen MR) is 316 cm³/mol. The highest BCUT2D eigenvalue weighted by Crippen LogP contribution is 2.43. The number of carbonyl (C=O) groups is 3. The molecule has 76 heavy (non-hydrogen) atoms. The maximum absolute atomic E-state index is 12.9. The van der Waals surface area contributed by atoms with Gasteiger partial charge in [-0.25, -0.2) is 4.57 Å². The predicted octanol–water partition coefficient (Wildman–Crippen LogP) is 18.0. The second-order valence-corrected chi connectivity index (χ2v) is 21.2. The van der Waals surface area contributed by atoms with Crippen molar-refractivity contribution in [2.24, 2.45) is 0 Å². The van der Waals surface area contributed by atoms with E-state index in [1.54, 1.807) is 0 Å². The van der Waals surface area contributed by atoms with Crippen molar-refractivity contribution >= 4 is 25.7 Å². The third-order valence-corrected chi connectivity index (χ3v) is 13.5. The van der Waals surface area contributed by atoms with Crippen molar-refractivity contribution in [1.82, 2.24) is 0 Å². The molecule has 0 aliphatic heterocycles. The number of hydrogen-bond acceptors (Lipinski definition) is 10. The molecule has 0 aliphatic carbocycles. The lowest BCUT2D eigenvalue weighted by atomic mass is 10.0. The minimum atomic E-state index is -4.77. The molecule has 0 aromatic carbocycles.